The maximum Gasteiger partial charge on any atom is 0.472 e. The predicted octanol–water partition coefficient (Wildman–Crippen LogP) is 9.17. The predicted molar refractivity (Wildman–Crippen MR) is 239 cm³/mol. The van der Waals surface area contributed by atoms with Gasteiger partial charge in [0.15, 0.2) is 6.10 Å². The zero-order valence-electron chi connectivity index (χ0n) is 37.4. The van der Waals surface area contributed by atoms with E-state index in [1.54, 1.807) is 0 Å². The van der Waals surface area contributed by atoms with Crippen LogP contribution in [0.4, 0.5) is 0 Å². The Kier molecular flexibility index (Phi) is 34.7. The highest BCUT2D eigenvalue weighted by Gasteiger charge is 2.51. The lowest BCUT2D eigenvalue weighted by Crippen LogP contribution is -2.64. The minimum Gasteiger partial charge on any atom is -0.462 e. The quantitative estimate of drug-likeness (QED) is 0.0148. The van der Waals surface area contributed by atoms with Gasteiger partial charge in [-0.2, -0.15) is 0 Å². The molecule has 13 nitrogen and oxygen atoms in total. The van der Waals surface area contributed by atoms with E-state index in [0.717, 1.165) is 51.4 Å². The molecular formula is C47H83O13P. The first kappa shape index (κ1) is 56.8. The SMILES string of the molecule is CCCCCCCCC/C=C/C/C=C/C/C=C/C/C=C/CCCC(=O)OC[C@H](COP(=O)(O)OC1C(O)C(O)C(O)[C@@H](O)C1O)OC(=O)CCCCCCCCCCCCC. The number of rotatable bonds is 38. The highest BCUT2D eigenvalue weighted by atomic mass is 31.2. The summed E-state index contributed by atoms with van der Waals surface area (Å²) >= 11 is 0. The van der Waals surface area contributed by atoms with Gasteiger partial charge in [0.05, 0.1) is 6.61 Å². The summed E-state index contributed by atoms with van der Waals surface area (Å²) in [7, 11) is -5.13. The van der Waals surface area contributed by atoms with E-state index in [-0.39, 0.29) is 12.8 Å². The molecule has 6 N–H and O–H groups in total. The Labute approximate surface area is 367 Å². The van der Waals surface area contributed by atoms with Gasteiger partial charge in [0.25, 0.3) is 0 Å². The lowest BCUT2D eigenvalue weighted by atomic mass is 9.85. The lowest BCUT2D eigenvalue weighted by Gasteiger charge is -2.41. The Hall–Kier alpha value is -2.19. The fourth-order valence-corrected chi connectivity index (χ4v) is 7.84. The fraction of sp³-hybridized carbons (Fsp3) is 0.787. The summed E-state index contributed by atoms with van der Waals surface area (Å²) in [6.45, 7) is 3.23. The Morgan fingerprint density at radius 1 is 0.508 bits per heavy atom. The van der Waals surface area contributed by atoms with Gasteiger partial charge in [-0.05, 0) is 51.4 Å². The molecule has 1 aliphatic rings. The molecule has 8 atom stereocenters. The van der Waals surface area contributed by atoms with E-state index in [0.29, 0.717) is 19.3 Å². The van der Waals surface area contributed by atoms with Crippen molar-refractivity contribution in [3.8, 4) is 0 Å². The van der Waals surface area contributed by atoms with Crippen molar-refractivity contribution in [1.82, 2.24) is 0 Å². The molecule has 0 aromatic heterocycles. The first-order valence-electron chi connectivity index (χ1n) is 23.4. The molecule has 354 valence electrons. The van der Waals surface area contributed by atoms with Crippen LogP contribution in [0.2, 0.25) is 0 Å². The molecule has 1 aliphatic carbocycles. The van der Waals surface area contributed by atoms with Crippen LogP contribution in [0.1, 0.15) is 181 Å². The van der Waals surface area contributed by atoms with Crippen LogP contribution in [-0.4, -0.2) is 98.3 Å². The molecule has 1 fully saturated rings. The largest absolute Gasteiger partial charge is 0.472 e. The van der Waals surface area contributed by atoms with Crippen LogP contribution in [0.25, 0.3) is 0 Å². The van der Waals surface area contributed by atoms with Crippen LogP contribution < -0.4 is 0 Å². The van der Waals surface area contributed by atoms with Crippen molar-refractivity contribution in [2.75, 3.05) is 13.2 Å². The fourth-order valence-electron chi connectivity index (χ4n) is 6.87. The third-order valence-electron chi connectivity index (χ3n) is 10.7. The summed E-state index contributed by atoms with van der Waals surface area (Å²) in [5, 5.41) is 50.1. The third kappa shape index (κ3) is 29.7. The molecule has 0 aromatic rings. The molecule has 0 bridgehead atoms. The molecule has 6 unspecified atom stereocenters. The Balaban J connectivity index is 2.46. The minimum absolute atomic E-state index is 0.0859. The van der Waals surface area contributed by atoms with Gasteiger partial charge < -0.3 is 39.9 Å². The maximum absolute atomic E-state index is 12.8. The van der Waals surface area contributed by atoms with Crippen molar-refractivity contribution in [2.45, 2.75) is 224 Å². The van der Waals surface area contributed by atoms with Crippen molar-refractivity contribution in [1.29, 1.82) is 0 Å². The number of aliphatic hydroxyl groups excluding tert-OH is 5. The lowest BCUT2D eigenvalue weighted by molar-refractivity contribution is -0.220. The number of hydrogen-bond donors (Lipinski definition) is 6. The average Bonchev–Trinajstić information content (AvgIpc) is 3.24. The van der Waals surface area contributed by atoms with Gasteiger partial charge in [0, 0.05) is 12.8 Å². The molecule has 1 rings (SSSR count). The van der Waals surface area contributed by atoms with Gasteiger partial charge in [-0.1, -0.05) is 165 Å². The van der Waals surface area contributed by atoms with E-state index in [1.807, 2.05) is 12.2 Å². The number of esters is 2. The zero-order valence-corrected chi connectivity index (χ0v) is 38.3. The molecule has 0 amide bonds. The number of hydrogen-bond acceptors (Lipinski definition) is 12. The highest BCUT2D eigenvalue weighted by molar-refractivity contribution is 7.47. The smallest absolute Gasteiger partial charge is 0.462 e. The number of allylic oxidation sites excluding steroid dienone is 8. The second kappa shape index (κ2) is 37.2. The van der Waals surface area contributed by atoms with E-state index in [2.05, 4.69) is 50.3 Å². The van der Waals surface area contributed by atoms with Gasteiger partial charge >= 0.3 is 19.8 Å². The highest BCUT2D eigenvalue weighted by Crippen LogP contribution is 2.47. The van der Waals surface area contributed by atoms with E-state index >= 15 is 0 Å². The van der Waals surface area contributed by atoms with Crippen LogP contribution in [0, 0.1) is 0 Å². The van der Waals surface area contributed by atoms with Crippen LogP contribution in [0.15, 0.2) is 48.6 Å². The number of aliphatic hydroxyl groups is 5. The second-order valence-corrected chi connectivity index (χ2v) is 17.7. The Morgan fingerprint density at radius 2 is 0.902 bits per heavy atom. The van der Waals surface area contributed by atoms with Gasteiger partial charge in [0.2, 0.25) is 0 Å². The molecule has 61 heavy (non-hydrogen) atoms. The zero-order chi connectivity index (χ0) is 45.0. The normalized spacial score (nSPS) is 22.4. The Bertz CT molecular complexity index is 1250. The summed E-state index contributed by atoms with van der Waals surface area (Å²) in [6.07, 6.45) is 30.4. The topological polar surface area (TPSA) is 210 Å². The molecule has 0 aliphatic heterocycles. The van der Waals surface area contributed by atoms with Crippen LogP contribution >= 0.6 is 7.82 Å². The average molecular weight is 887 g/mol. The van der Waals surface area contributed by atoms with Crippen molar-refractivity contribution in [2.24, 2.45) is 0 Å². The van der Waals surface area contributed by atoms with E-state index in [1.165, 1.54) is 83.5 Å². The van der Waals surface area contributed by atoms with Crippen molar-refractivity contribution >= 4 is 19.8 Å². The van der Waals surface area contributed by atoms with Gasteiger partial charge in [-0.15, -0.1) is 0 Å². The molecular weight excluding hydrogens is 803 g/mol. The number of unbranched alkanes of at least 4 members (excludes halogenated alkanes) is 18. The standard InChI is InChI=1S/C47H83O13P/c1-3-5-7-9-11-13-15-16-17-18-19-20-21-22-23-24-26-27-29-31-33-35-40(48)57-37-39(59-41(49)36-34-32-30-28-25-14-12-10-8-6-4-2)38-58-61(55,56)60-47-45(53)43(51)42(50)44(52)46(47)54/h17-18,20-21,23-24,27,29,39,42-47,50-54H,3-16,19,22,25-26,28,30-38H2,1-2H3,(H,55,56)/b18-17+,21-20+,24-23+,29-27+/t39-,42?,43-,44?,45?,46?,47?/m1/s1. The first-order valence-corrected chi connectivity index (χ1v) is 24.9. The van der Waals surface area contributed by atoms with E-state index in [9.17, 15) is 44.6 Å². The number of carbonyl (C=O) groups excluding carboxylic acids is 2. The summed E-state index contributed by atoms with van der Waals surface area (Å²) in [5.41, 5.74) is 0. The molecule has 0 heterocycles. The first-order chi connectivity index (χ1) is 29.4. The molecule has 0 aromatic carbocycles. The summed E-state index contributed by atoms with van der Waals surface area (Å²) in [6, 6.07) is 0. The van der Waals surface area contributed by atoms with Crippen molar-refractivity contribution < 1.29 is 63.1 Å². The minimum atomic E-state index is -5.13. The molecule has 0 radical (unpaired) electrons. The molecule has 1 saturated carbocycles. The second-order valence-electron chi connectivity index (χ2n) is 16.3. The monoisotopic (exact) mass is 887 g/mol. The number of phosphoric ester groups is 1. The van der Waals surface area contributed by atoms with Crippen LogP contribution in [0.5, 0.6) is 0 Å². The van der Waals surface area contributed by atoms with Gasteiger partial charge in [0.1, 0.15) is 43.2 Å². The van der Waals surface area contributed by atoms with Gasteiger partial charge in [-0.3, -0.25) is 18.6 Å². The maximum atomic E-state index is 12.8. The number of phosphoric acid groups is 1. The Morgan fingerprint density at radius 3 is 1.39 bits per heavy atom. The molecule has 0 saturated heterocycles. The van der Waals surface area contributed by atoms with Crippen molar-refractivity contribution in [3.05, 3.63) is 48.6 Å². The van der Waals surface area contributed by atoms with Gasteiger partial charge in [-0.25, -0.2) is 4.57 Å². The molecule has 0 spiro atoms. The summed E-state index contributed by atoms with van der Waals surface area (Å²) in [5.74, 6) is -1.16. The summed E-state index contributed by atoms with van der Waals surface area (Å²) in [4.78, 5) is 35.6. The third-order valence-corrected chi connectivity index (χ3v) is 11.7. The van der Waals surface area contributed by atoms with Crippen LogP contribution in [0.3, 0.4) is 0 Å². The number of carbonyl (C=O) groups is 2. The summed E-state index contributed by atoms with van der Waals surface area (Å²) < 4.78 is 33.4. The van der Waals surface area contributed by atoms with E-state index < -0.39 is 75.7 Å². The van der Waals surface area contributed by atoms with Crippen molar-refractivity contribution in [3.63, 3.8) is 0 Å². The number of ether oxygens (including phenoxy) is 2. The molecule has 14 heteroatoms. The van der Waals surface area contributed by atoms with Crippen LogP contribution in [-0.2, 0) is 32.7 Å². The van der Waals surface area contributed by atoms with E-state index in [4.69, 9.17) is 18.5 Å².